The Labute approximate surface area is 129 Å². The molecular weight excluding hydrogens is 341 g/mol. The van der Waals surface area contributed by atoms with Crippen molar-refractivity contribution in [1.29, 1.82) is 0 Å². The van der Waals surface area contributed by atoms with Gasteiger partial charge in [-0.05, 0) is 18.9 Å². The number of alkyl halides is 3. The average Bonchev–Trinajstić information content (AvgIpc) is 3.28. The number of aromatic nitrogens is 1. The molecule has 0 atom stereocenters. The molecule has 0 radical (unpaired) electrons. The summed E-state index contributed by atoms with van der Waals surface area (Å²) in [6.45, 7) is 0. The first-order valence-corrected chi connectivity index (χ1v) is 6.66. The summed E-state index contributed by atoms with van der Waals surface area (Å²) in [5.41, 5.74) is -2.59. The SMILES string of the molecule is O=C(O)c1cn(C2CC2)c2c(OC(F)(F)F)c(F)c(F)cc2c1=O. The van der Waals surface area contributed by atoms with Gasteiger partial charge < -0.3 is 14.4 Å². The minimum absolute atomic E-state index is 0.377. The van der Waals surface area contributed by atoms with Gasteiger partial charge in [0.15, 0.2) is 11.6 Å². The highest BCUT2D eigenvalue weighted by molar-refractivity contribution is 5.94. The summed E-state index contributed by atoms with van der Waals surface area (Å²) in [5, 5.41) is 8.34. The van der Waals surface area contributed by atoms with Crippen molar-refractivity contribution in [2.24, 2.45) is 0 Å². The van der Waals surface area contributed by atoms with Crippen molar-refractivity contribution in [3.8, 4) is 5.75 Å². The number of pyridine rings is 1. The molecule has 1 aliphatic carbocycles. The Morgan fingerprint density at radius 3 is 2.42 bits per heavy atom. The second-order valence-electron chi connectivity index (χ2n) is 5.26. The van der Waals surface area contributed by atoms with E-state index in [1.54, 1.807) is 0 Å². The molecule has 1 fully saturated rings. The number of ether oxygens (including phenoxy) is 1. The maximum Gasteiger partial charge on any atom is 0.573 e. The third kappa shape index (κ3) is 2.68. The zero-order chi connectivity index (χ0) is 17.8. The second-order valence-corrected chi connectivity index (χ2v) is 5.26. The largest absolute Gasteiger partial charge is 0.573 e. The maximum absolute atomic E-state index is 13.9. The van der Waals surface area contributed by atoms with Crippen molar-refractivity contribution in [3.05, 3.63) is 39.7 Å². The normalized spacial score (nSPS) is 14.9. The number of benzene rings is 1. The monoisotopic (exact) mass is 349 g/mol. The number of hydrogen-bond acceptors (Lipinski definition) is 3. The van der Waals surface area contributed by atoms with Crippen LogP contribution in [0.25, 0.3) is 10.9 Å². The van der Waals surface area contributed by atoms with Crippen LogP contribution in [0.5, 0.6) is 5.75 Å². The lowest BCUT2D eigenvalue weighted by Crippen LogP contribution is -2.23. The van der Waals surface area contributed by atoms with Gasteiger partial charge in [-0.3, -0.25) is 4.79 Å². The molecule has 0 unspecified atom stereocenters. The minimum atomic E-state index is -5.32. The first kappa shape index (κ1) is 16.2. The summed E-state index contributed by atoms with van der Waals surface area (Å²) < 4.78 is 69.7. The van der Waals surface area contributed by atoms with Gasteiger partial charge >= 0.3 is 12.3 Å². The van der Waals surface area contributed by atoms with E-state index in [1.807, 2.05) is 0 Å². The fraction of sp³-hybridized carbons (Fsp3) is 0.286. The molecule has 0 aliphatic heterocycles. The van der Waals surface area contributed by atoms with E-state index in [1.165, 1.54) is 0 Å². The molecule has 1 N–H and O–H groups in total. The molecule has 1 aromatic heterocycles. The number of fused-ring (bicyclic) bond motifs is 1. The van der Waals surface area contributed by atoms with E-state index < -0.39 is 57.7 Å². The maximum atomic E-state index is 13.9. The van der Waals surface area contributed by atoms with Gasteiger partial charge in [0.2, 0.25) is 11.2 Å². The molecule has 0 saturated heterocycles. The summed E-state index contributed by atoms with van der Waals surface area (Å²) in [6.07, 6.45) is -3.52. The quantitative estimate of drug-likeness (QED) is 0.864. The van der Waals surface area contributed by atoms with Crippen LogP contribution in [0.1, 0.15) is 29.2 Å². The van der Waals surface area contributed by atoms with Gasteiger partial charge in [0, 0.05) is 12.2 Å². The van der Waals surface area contributed by atoms with Gasteiger partial charge in [0.1, 0.15) is 5.56 Å². The number of hydrogen-bond donors (Lipinski definition) is 1. The topological polar surface area (TPSA) is 68.5 Å². The van der Waals surface area contributed by atoms with Crippen LogP contribution >= 0.6 is 0 Å². The smallest absolute Gasteiger partial charge is 0.477 e. The van der Waals surface area contributed by atoms with Crippen molar-refractivity contribution >= 4 is 16.9 Å². The number of rotatable bonds is 3. The highest BCUT2D eigenvalue weighted by atomic mass is 19.4. The van der Waals surface area contributed by atoms with Crippen LogP contribution in [-0.2, 0) is 0 Å². The van der Waals surface area contributed by atoms with Crippen LogP contribution in [0, 0.1) is 11.6 Å². The molecular formula is C14H8F5NO4. The van der Waals surface area contributed by atoms with Crippen molar-refractivity contribution < 1.29 is 36.6 Å². The van der Waals surface area contributed by atoms with Crippen LogP contribution in [0.2, 0.25) is 0 Å². The fourth-order valence-corrected chi connectivity index (χ4v) is 2.43. The summed E-state index contributed by atoms with van der Waals surface area (Å²) >= 11 is 0. The van der Waals surface area contributed by atoms with Gasteiger partial charge in [-0.2, -0.15) is 4.39 Å². The first-order valence-electron chi connectivity index (χ1n) is 6.66. The van der Waals surface area contributed by atoms with Crippen LogP contribution in [0.15, 0.2) is 17.1 Å². The second kappa shape index (κ2) is 5.18. The van der Waals surface area contributed by atoms with E-state index in [2.05, 4.69) is 4.74 Å². The molecule has 0 spiro atoms. The molecule has 3 rings (SSSR count). The Hall–Kier alpha value is -2.65. The van der Waals surface area contributed by atoms with E-state index >= 15 is 0 Å². The molecule has 10 heteroatoms. The van der Waals surface area contributed by atoms with Crippen molar-refractivity contribution in [2.45, 2.75) is 25.2 Å². The van der Waals surface area contributed by atoms with Crippen LogP contribution in [0.3, 0.4) is 0 Å². The third-order valence-corrected chi connectivity index (χ3v) is 3.55. The van der Waals surface area contributed by atoms with Gasteiger partial charge in [0.05, 0.1) is 10.9 Å². The van der Waals surface area contributed by atoms with Gasteiger partial charge in [-0.15, -0.1) is 13.2 Å². The Balaban J connectivity index is 2.46. The lowest BCUT2D eigenvalue weighted by atomic mass is 10.1. The summed E-state index contributed by atoms with van der Waals surface area (Å²) in [7, 11) is 0. The molecule has 1 aliphatic rings. The van der Waals surface area contributed by atoms with E-state index in [-0.39, 0.29) is 0 Å². The van der Waals surface area contributed by atoms with E-state index in [0.717, 1.165) is 10.8 Å². The molecule has 5 nitrogen and oxygen atoms in total. The van der Waals surface area contributed by atoms with Crippen LogP contribution in [-0.4, -0.2) is 22.0 Å². The summed E-state index contributed by atoms with van der Waals surface area (Å²) in [4.78, 5) is 23.3. The van der Waals surface area contributed by atoms with Crippen LogP contribution in [0.4, 0.5) is 22.0 Å². The van der Waals surface area contributed by atoms with Gasteiger partial charge in [-0.25, -0.2) is 9.18 Å². The molecule has 0 amide bonds. The summed E-state index contributed by atoms with van der Waals surface area (Å²) in [6, 6.07) is -0.0479. The Morgan fingerprint density at radius 1 is 1.29 bits per heavy atom. The molecule has 2 aromatic rings. The summed E-state index contributed by atoms with van der Waals surface area (Å²) in [5.74, 6) is -6.77. The Kier molecular flexibility index (Phi) is 3.50. The molecule has 1 saturated carbocycles. The third-order valence-electron chi connectivity index (χ3n) is 3.55. The van der Waals surface area contributed by atoms with Crippen LogP contribution < -0.4 is 10.2 Å². The molecule has 24 heavy (non-hydrogen) atoms. The number of carboxylic acid groups (broad SMARTS) is 1. The number of halogens is 5. The molecule has 128 valence electrons. The lowest BCUT2D eigenvalue weighted by molar-refractivity contribution is -0.275. The predicted octanol–water partition coefficient (Wildman–Crippen LogP) is 3.21. The molecule has 1 heterocycles. The number of carboxylic acids is 1. The fourth-order valence-electron chi connectivity index (χ4n) is 2.43. The Bertz CT molecular complexity index is 914. The van der Waals surface area contributed by atoms with E-state index in [4.69, 9.17) is 5.11 Å². The number of carbonyl (C=O) groups is 1. The number of nitrogens with zero attached hydrogens (tertiary/aromatic N) is 1. The molecule has 1 aromatic carbocycles. The Morgan fingerprint density at radius 2 is 1.92 bits per heavy atom. The highest BCUT2D eigenvalue weighted by Crippen LogP contribution is 2.41. The lowest BCUT2D eigenvalue weighted by Gasteiger charge is -2.17. The van der Waals surface area contributed by atoms with Crippen molar-refractivity contribution in [3.63, 3.8) is 0 Å². The molecule has 0 bridgehead atoms. The number of aromatic carboxylic acids is 1. The standard InChI is InChI=1S/C14H8F5NO4/c15-8-3-6-10(12(9(8)16)24-14(17,18)19)20(5-1-2-5)4-7(11(6)21)13(22)23/h3-5H,1-2H2,(H,22,23). The minimum Gasteiger partial charge on any atom is -0.477 e. The van der Waals surface area contributed by atoms with E-state index in [9.17, 15) is 31.5 Å². The van der Waals surface area contributed by atoms with Gasteiger partial charge in [0.25, 0.3) is 0 Å². The van der Waals surface area contributed by atoms with Crippen molar-refractivity contribution in [1.82, 2.24) is 4.57 Å². The zero-order valence-corrected chi connectivity index (χ0v) is 11.7. The predicted molar refractivity (Wildman–Crippen MR) is 70.0 cm³/mol. The zero-order valence-electron chi connectivity index (χ0n) is 11.7. The first-order chi connectivity index (χ1) is 11.1. The highest BCUT2D eigenvalue weighted by Gasteiger charge is 2.37. The van der Waals surface area contributed by atoms with E-state index in [0.29, 0.717) is 18.9 Å². The average molecular weight is 349 g/mol. The van der Waals surface area contributed by atoms with Crippen molar-refractivity contribution in [2.75, 3.05) is 0 Å². The van der Waals surface area contributed by atoms with Gasteiger partial charge in [-0.1, -0.05) is 0 Å².